The molecule has 1 aromatic heterocycles. The number of rotatable bonds is 5. The molecule has 0 spiro atoms. The van der Waals surface area contributed by atoms with Gasteiger partial charge in [-0.05, 0) is 46.6 Å². The Hall–Kier alpha value is -1.62. The minimum Gasteiger partial charge on any atom is -0.492 e. The lowest BCUT2D eigenvalue weighted by atomic mass is 10.2. The lowest BCUT2D eigenvalue weighted by Crippen LogP contribution is -2.13. The molecule has 1 heterocycles. The highest BCUT2D eigenvalue weighted by atomic mass is 79.9. The zero-order valence-corrected chi connectivity index (χ0v) is 12.1. The van der Waals surface area contributed by atoms with Gasteiger partial charge in [0.25, 0.3) is 0 Å². The quantitative estimate of drug-likeness (QED) is 0.850. The van der Waals surface area contributed by atoms with Crippen molar-refractivity contribution in [1.29, 1.82) is 0 Å². The second kappa shape index (κ2) is 6.52. The van der Waals surface area contributed by atoms with E-state index in [9.17, 15) is 4.39 Å². The van der Waals surface area contributed by atoms with Crippen molar-refractivity contribution >= 4 is 21.7 Å². The molecule has 0 radical (unpaired) electrons. The van der Waals surface area contributed by atoms with Crippen LogP contribution in [0.5, 0.6) is 5.75 Å². The van der Waals surface area contributed by atoms with E-state index in [0.29, 0.717) is 17.6 Å². The fourth-order valence-corrected chi connectivity index (χ4v) is 1.89. The summed E-state index contributed by atoms with van der Waals surface area (Å²) in [6.07, 6.45) is 1.55. The van der Waals surface area contributed by atoms with Gasteiger partial charge in [-0.1, -0.05) is 12.1 Å². The van der Waals surface area contributed by atoms with E-state index in [0.717, 1.165) is 11.3 Å². The third-order valence-electron chi connectivity index (χ3n) is 2.46. The highest BCUT2D eigenvalue weighted by Crippen LogP contribution is 2.16. The lowest BCUT2D eigenvalue weighted by molar-refractivity contribution is 0.332. The summed E-state index contributed by atoms with van der Waals surface area (Å²) in [5.74, 6) is 0.659. The molecule has 2 aromatic rings. The third kappa shape index (κ3) is 4.21. The van der Waals surface area contributed by atoms with Gasteiger partial charge in [0.1, 0.15) is 12.4 Å². The fraction of sp³-hybridized carbons (Fsp3) is 0.214. The second-order valence-electron chi connectivity index (χ2n) is 4.08. The number of anilines is 1. The predicted molar refractivity (Wildman–Crippen MR) is 77.1 cm³/mol. The van der Waals surface area contributed by atoms with Gasteiger partial charge in [0.15, 0.2) is 11.6 Å². The summed E-state index contributed by atoms with van der Waals surface area (Å²) in [5, 5.41) is 2.89. The van der Waals surface area contributed by atoms with E-state index >= 15 is 0 Å². The molecule has 0 unspecified atom stereocenters. The van der Waals surface area contributed by atoms with Crippen LogP contribution < -0.4 is 10.1 Å². The van der Waals surface area contributed by atoms with E-state index in [1.165, 1.54) is 6.07 Å². The van der Waals surface area contributed by atoms with Crippen molar-refractivity contribution in [2.75, 3.05) is 18.5 Å². The average Bonchev–Trinajstić information content (AvgIpc) is 2.37. The van der Waals surface area contributed by atoms with Gasteiger partial charge in [0.05, 0.1) is 6.54 Å². The summed E-state index contributed by atoms with van der Waals surface area (Å²) < 4.78 is 19.6. The third-order valence-corrected chi connectivity index (χ3v) is 2.89. The van der Waals surface area contributed by atoms with E-state index < -0.39 is 0 Å². The molecular weight excluding hydrogens is 311 g/mol. The van der Waals surface area contributed by atoms with Gasteiger partial charge < -0.3 is 10.1 Å². The molecule has 0 aliphatic carbocycles. The Balaban J connectivity index is 1.81. The lowest BCUT2D eigenvalue weighted by Gasteiger charge is -2.09. The van der Waals surface area contributed by atoms with Crippen LogP contribution in [0.3, 0.4) is 0 Å². The van der Waals surface area contributed by atoms with Gasteiger partial charge in [-0.2, -0.15) is 0 Å². The van der Waals surface area contributed by atoms with Crippen molar-refractivity contribution in [2.45, 2.75) is 6.92 Å². The second-order valence-corrected chi connectivity index (χ2v) is 4.99. The van der Waals surface area contributed by atoms with Crippen LogP contribution in [0.2, 0.25) is 0 Å². The van der Waals surface area contributed by atoms with Crippen LogP contribution >= 0.6 is 15.9 Å². The number of nitrogens with one attached hydrogen (secondary N) is 1. The van der Waals surface area contributed by atoms with Gasteiger partial charge in [-0.3, -0.25) is 0 Å². The molecule has 5 heteroatoms. The Kier molecular flexibility index (Phi) is 4.74. The first-order valence-electron chi connectivity index (χ1n) is 5.89. The maximum atomic E-state index is 13.5. The van der Waals surface area contributed by atoms with Crippen LogP contribution in [-0.2, 0) is 0 Å². The molecule has 0 bridgehead atoms. The van der Waals surface area contributed by atoms with Crippen molar-refractivity contribution in [3.63, 3.8) is 0 Å². The van der Waals surface area contributed by atoms with Crippen LogP contribution in [0.15, 0.2) is 41.0 Å². The fourth-order valence-electron chi connectivity index (χ4n) is 1.59. The first kappa shape index (κ1) is 13.8. The summed E-state index contributed by atoms with van der Waals surface area (Å²) >= 11 is 3.16. The molecule has 2 rings (SSSR count). The molecule has 0 fully saturated rings. The summed E-state index contributed by atoms with van der Waals surface area (Å²) in [6, 6.07) is 9.17. The minimum absolute atomic E-state index is 0.232. The van der Waals surface area contributed by atoms with Gasteiger partial charge in [-0.25, -0.2) is 9.37 Å². The Labute approximate surface area is 119 Å². The smallest absolute Gasteiger partial charge is 0.166 e. The Bertz CT molecular complexity index is 563. The molecule has 0 saturated carbocycles. The maximum Gasteiger partial charge on any atom is 0.166 e. The molecule has 1 N–H and O–H groups in total. The molecule has 0 saturated heterocycles. The first-order valence-corrected chi connectivity index (χ1v) is 6.69. The average molecular weight is 325 g/mol. The summed E-state index contributed by atoms with van der Waals surface area (Å²) in [7, 11) is 0. The van der Waals surface area contributed by atoms with E-state index in [2.05, 4.69) is 26.2 Å². The highest BCUT2D eigenvalue weighted by Gasteiger charge is 2.03. The van der Waals surface area contributed by atoms with E-state index in [4.69, 9.17) is 4.74 Å². The number of hydrogen-bond donors (Lipinski definition) is 1. The van der Waals surface area contributed by atoms with Crippen molar-refractivity contribution < 1.29 is 9.13 Å². The van der Waals surface area contributed by atoms with Crippen LogP contribution in [0.4, 0.5) is 10.2 Å². The number of aromatic nitrogens is 1. The summed E-state index contributed by atoms with van der Waals surface area (Å²) in [5.41, 5.74) is 1.14. The maximum absolute atomic E-state index is 13.5. The molecule has 0 atom stereocenters. The number of hydrogen-bond acceptors (Lipinski definition) is 3. The zero-order chi connectivity index (χ0) is 13.7. The molecule has 3 nitrogen and oxygen atoms in total. The zero-order valence-electron chi connectivity index (χ0n) is 10.5. The minimum atomic E-state index is -0.384. The largest absolute Gasteiger partial charge is 0.492 e. The van der Waals surface area contributed by atoms with Gasteiger partial charge in [0.2, 0.25) is 0 Å². The van der Waals surface area contributed by atoms with Gasteiger partial charge in [-0.15, -0.1) is 0 Å². The molecule has 1 aromatic carbocycles. The van der Waals surface area contributed by atoms with Crippen molar-refractivity contribution in [1.82, 2.24) is 4.98 Å². The normalized spacial score (nSPS) is 10.3. The van der Waals surface area contributed by atoms with Crippen LogP contribution in [-0.4, -0.2) is 18.1 Å². The molecule has 0 aliphatic rings. The predicted octanol–water partition coefficient (Wildman–Crippen LogP) is 3.78. The molecule has 0 amide bonds. The number of ether oxygens (including phenoxy) is 1. The van der Waals surface area contributed by atoms with Gasteiger partial charge >= 0.3 is 0 Å². The Morgan fingerprint density at radius 2 is 2.21 bits per heavy atom. The van der Waals surface area contributed by atoms with E-state index in [1.54, 1.807) is 6.20 Å². The SMILES string of the molecule is Cc1cccc(OCCNc2ncc(Br)cc2F)c1. The van der Waals surface area contributed by atoms with Crippen LogP contribution in [0.25, 0.3) is 0 Å². The Morgan fingerprint density at radius 1 is 1.37 bits per heavy atom. The monoisotopic (exact) mass is 324 g/mol. The van der Waals surface area contributed by atoms with Crippen molar-refractivity contribution in [2.24, 2.45) is 0 Å². The van der Waals surface area contributed by atoms with Gasteiger partial charge in [0, 0.05) is 10.7 Å². The molecule has 19 heavy (non-hydrogen) atoms. The number of benzene rings is 1. The number of pyridine rings is 1. The van der Waals surface area contributed by atoms with Crippen LogP contribution in [0.1, 0.15) is 5.56 Å². The number of aryl methyl sites for hydroxylation is 1. The Morgan fingerprint density at radius 3 is 2.95 bits per heavy atom. The topological polar surface area (TPSA) is 34.1 Å². The standard InChI is InChI=1S/C14H14BrFN2O/c1-10-3-2-4-12(7-10)19-6-5-17-14-13(16)8-11(15)9-18-14/h2-4,7-9H,5-6H2,1H3,(H,17,18). The number of nitrogens with zero attached hydrogens (tertiary/aromatic N) is 1. The molecular formula is C14H14BrFN2O. The highest BCUT2D eigenvalue weighted by molar-refractivity contribution is 9.10. The van der Waals surface area contributed by atoms with Crippen molar-refractivity contribution in [3.05, 3.63) is 52.4 Å². The molecule has 0 aliphatic heterocycles. The van der Waals surface area contributed by atoms with Crippen molar-refractivity contribution in [3.8, 4) is 5.75 Å². The first-order chi connectivity index (χ1) is 9.15. The molecule has 100 valence electrons. The summed E-state index contributed by atoms with van der Waals surface area (Å²) in [6.45, 7) is 2.94. The number of halogens is 2. The summed E-state index contributed by atoms with van der Waals surface area (Å²) in [4.78, 5) is 3.95. The van der Waals surface area contributed by atoms with Crippen LogP contribution in [0, 0.1) is 12.7 Å². The van der Waals surface area contributed by atoms with E-state index in [1.807, 2.05) is 31.2 Å². The van der Waals surface area contributed by atoms with E-state index in [-0.39, 0.29) is 11.6 Å².